The van der Waals surface area contributed by atoms with Crippen molar-refractivity contribution in [3.8, 4) is 11.3 Å². The largest absolute Gasteiger partial charge is 0.357 e. The van der Waals surface area contributed by atoms with Gasteiger partial charge in [0.05, 0.1) is 10.7 Å². The van der Waals surface area contributed by atoms with Crippen LogP contribution in [0.25, 0.3) is 11.3 Å². The summed E-state index contributed by atoms with van der Waals surface area (Å²) in [6.45, 7) is 3.80. The smallest absolute Gasteiger partial charge is 0.267 e. The number of nitrogens with zero attached hydrogens (tertiary/aromatic N) is 1. The summed E-state index contributed by atoms with van der Waals surface area (Å²) < 4.78 is 0. The van der Waals surface area contributed by atoms with E-state index in [-0.39, 0.29) is 36.8 Å². The van der Waals surface area contributed by atoms with E-state index in [2.05, 4.69) is 20.6 Å². The van der Waals surface area contributed by atoms with Crippen molar-refractivity contribution in [3.05, 3.63) is 28.3 Å². The van der Waals surface area contributed by atoms with E-state index >= 15 is 0 Å². The Morgan fingerprint density at radius 2 is 2.29 bits per heavy atom. The number of rotatable bonds is 3. The van der Waals surface area contributed by atoms with Crippen molar-refractivity contribution in [2.24, 2.45) is 0 Å². The number of carbonyl (C=O) groups excluding carboxylic acids is 1. The quantitative estimate of drug-likeness (QED) is 0.797. The van der Waals surface area contributed by atoms with Gasteiger partial charge in [0.2, 0.25) is 0 Å². The fourth-order valence-corrected chi connectivity index (χ4v) is 2.83. The van der Waals surface area contributed by atoms with Gasteiger partial charge in [-0.2, -0.15) is 0 Å². The van der Waals surface area contributed by atoms with Crippen LogP contribution < -0.4 is 10.6 Å². The van der Waals surface area contributed by atoms with E-state index in [9.17, 15) is 4.79 Å². The third-order valence-corrected chi connectivity index (χ3v) is 4.01. The molecule has 116 valence electrons. The highest BCUT2D eigenvalue weighted by Gasteiger charge is 2.18. The van der Waals surface area contributed by atoms with Gasteiger partial charge in [-0.25, -0.2) is 4.98 Å². The summed E-state index contributed by atoms with van der Waals surface area (Å²) in [7, 11) is 0. The van der Waals surface area contributed by atoms with Crippen LogP contribution in [0.5, 0.6) is 0 Å². The number of thiazole rings is 1. The van der Waals surface area contributed by atoms with E-state index < -0.39 is 0 Å². The van der Waals surface area contributed by atoms with E-state index in [1.54, 1.807) is 11.3 Å². The zero-order chi connectivity index (χ0) is 13.2. The molecule has 1 fully saturated rings. The van der Waals surface area contributed by atoms with Gasteiger partial charge < -0.3 is 15.6 Å². The normalized spacial score (nSPS) is 16.9. The number of aryl methyl sites for hydroxylation is 1. The molecule has 0 radical (unpaired) electrons. The number of H-pyrrole nitrogens is 1. The molecule has 0 bridgehead atoms. The number of hydrogen-bond acceptors (Lipinski definition) is 4. The lowest BCUT2D eigenvalue weighted by molar-refractivity contribution is 0.0935. The number of amides is 1. The molecule has 2 aromatic rings. The maximum absolute atomic E-state index is 12.1. The van der Waals surface area contributed by atoms with Crippen molar-refractivity contribution in [2.45, 2.75) is 19.4 Å². The molecule has 1 aliphatic rings. The van der Waals surface area contributed by atoms with Crippen molar-refractivity contribution < 1.29 is 4.79 Å². The maximum Gasteiger partial charge on any atom is 0.267 e. The Morgan fingerprint density at radius 1 is 1.48 bits per heavy atom. The molecule has 0 aromatic carbocycles. The number of nitrogens with one attached hydrogen (secondary N) is 3. The van der Waals surface area contributed by atoms with Gasteiger partial charge in [-0.15, -0.1) is 36.2 Å². The molecule has 1 amide bonds. The molecule has 2 aromatic heterocycles. The lowest BCUT2D eigenvalue weighted by atomic mass is 10.2. The van der Waals surface area contributed by atoms with Gasteiger partial charge in [-0.3, -0.25) is 4.79 Å². The summed E-state index contributed by atoms with van der Waals surface area (Å²) in [5.41, 5.74) is 2.46. The van der Waals surface area contributed by atoms with Gasteiger partial charge >= 0.3 is 0 Å². The van der Waals surface area contributed by atoms with Crippen LogP contribution in [0.2, 0.25) is 0 Å². The van der Waals surface area contributed by atoms with Crippen molar-refractivity contribution in [1.29, 1.82) is 0 Å². The first-order valence-electron chi connectivity index (χ1n) is 6.35. The second-order valence-electron chi connectivity index (χ2n) is 4.72. The Labute approximate surface area is 139 Å². The van der Waals surface area contributed by atoms with Crippen LogP contribution in [0, 0.1) is 6.92 Å². The van der Waals surface area contributed by atoms with E-state index in [0.29, 0.717) is 5.69 Å². The molecule has 21 heavy (non-hydrogen) atoms. The Kier molecular flexibility index (Phi) is 6.67. The van der Waals surface area contributed by atoms with Gasteiger partial charge in [0.15, 0.2) is 0 Å². The third kappa shape index (κ3) is 4.20. The first kappa shape index (κ1) is 18.0. The van der Waals surface area contributed by atoms with Crippen molar-refractivity contribution in [2.75, 3.05) is 13.1 Å². The molecule has 1 unspecified atom stereocenters. The monoisotopic (exact) mass is 348 g/mol. The number of aromatic amines is 1. The molecule has 8 heteroatoms. The molecule has 0 saturated carbocycles. The van der Waals surface area contributed by atoms with Crippen LogP contribution in [0.15, 0.2) is 17.6 Å². The molecule has 0 aliphatic carbocycles. The number of carbonyl (C=O) groups is 1. The van der Waals surface area contributed by atoms with Crippen LogP contribution in [0.1, 0.15) is 21.9 Å². The predicted molar refractivity (Wildman–Crippen MR) is 89.9 cm³/mol. The van der Waals surface area contributed by atoms with Crippen LogP contribution >= 0.6 is 36.2 Å². The second-order valence-corrected chi connectivity index (χ2v) is 5.78. The molecular weight excluding hydrogens is 331 g/mol. The predicted octanol–water partition coefficient (Wildman–Crippen LogP) is 2.38. The van der Waals surface area contributed by atoms with E-state index in [1.807, 2.05) is 24.6 Å². The van der Waals surface area contributed by atoms with Gasteiger partial charge in [0, 0.05) is 29.7 Å². The third-order valence-electron chi connectivity index (χ3n) is 3.24. The molecule has 3 N–H and O–H groups in total. The zero-order valence-electron chi connectivity index (χ0n) is 11.5. The van der Waals surface area contributed by atoms with Gasteiger partial charge in [-0.1, -0.05) is 0 Å². The van der Waals surface area contributed by atoms with Gasteiger partial charge in [0.1, 0.15) is 5.69 Å². The van der Waals surface area contributed by atoms with Crippen LogP contribution in [-0.4, -0.2) is 35.0 Å². The molecule has 1 saturated heterocycles. The van der Waals surface area contributed by atoms with Crippen molar-refractivity contribution in [3.63, 3.8) is 0 Å². The molecule has 0 spiro atoms. The summed E-state index contributed by atoms with van der Waals surface area (Å²) in [4.78, 5) is 19.5. The Morgan fingerprint density at radius 3 is 2.90 bits per heavy atom. The number of aromatic nitrogens is 2. The summed E-state index contributed by atoms with van der Waals surface area (Å²) >= 11 is 1.61. The first-order chi connectivity index (χ1) is 9.22. The lowest BCUT2D eigenvalue weighted by Gasteiger charge is -2.09. The molecular formula is C13H18Cl2N4OS. The van der Waals surface area contributed by atoms with Gasteiger partial charge in [0.25, 0.3) is 5.91 Å². The van der Waals surface area contributed by atoms with Crippen LogP contribution in [0.3, 0.4) is 0 Å². The minimum atomic E-state index is -0.0492. The topological polar surface area (TPSA) is 69.8 Å². The zero-order valence-corrected chi connectivity index (χ0v) is 14.0. The Bertz CT molecular complexity index is 593. The van der Waals surface area contributed by atoms with E-state index in [0.717, 1.165) is 35.8 Å². The lowest BCUT2D eigenvalue weighted by Crippen LogP contribution is -2.36. The van der Waals surface area contributed by atoms with Crippen LogP contribution in [-0.2, 0) is 0 Å². The first-order valence-corrected chi connectivity index (χ1v) is 7.23. The summed E-state index contributed by atoms with van der Waals surface area (Å²) in [5.74, 6) is -0.0492. The average Bonchev–Trinajstić information content (AvgIpc) is 3.07. The fourth-order valence-electron chi connectivity index (χ4n) is 2.21. The second kappa shape index (κ2) is 7.79. The van der Waals surface area contributed by atoms with Crippen molar-refractivity contribution in [1.82, 2.24) is 20.6 Å². The summed E-state index contributed by atoms with van der Waals surface area (Å²) in [5, 5.41) is 9.27. The van der Waals surface area contributed by atoms with Gasteiger partial charge in [-0.05, 0) is 26.0 Å². The molecule has 3 heterocycles. The average molecular weight is 349 g/mol. The Hall–Kier alpha value is -1.08. The van der Waals surface area contributed by atoms with Crippen LogP contribution in [0.4, 0.5) is 0 Å². The number of halogens is 2. The summed E-state index contributed by atoms with van der Waals surface area (Å²) in [6.07, 6.45) is 2.82. The van der Waals surface area contributed by atoms with E-state index in [1.165, 1.54) is 0 Å². The minimum Gasteiger partial charge on any atom is -0.357 e. The highest BCUT2D eigenvalue weighted by Crippen LogP contribution is 2.22. The molecule has 1 atom stereocenters. The standard InChI is InChI=1S/C13H16N4OS.2ClH/c1-8-16-12(7-19-8)9-4-11(15-5-9)13(18)17-10-2-3-14-6-10;;/h4-5,7,10,14-15H,2-3,6H2,1H3,(H,17,18);2*1H. The minimum absolute atomic E-state index is 0. The molecule has 5 nitrogen and oxygen atoms in total. The van der Waals surface area contributed by atoms with E-state index in [4.69, 9.17) is 0 Å². The maximum atomic E-state index is 12.1. The molecule has 3 rings (SSSR count). The fraction of sp³-hybridized carbons (Fsp3) is 0.385. The number of hydrogen-bond donors (Lipinski definition) is 3. The highest BCUT2D eigenvalue weighted by molar-refractivity contribution is 7.09. The highest BCUT2D eigenvalue weighted by atomic mass is 35.5. The summed E-state index contributed by atoms with van der Waals surface area (Å²) in [6, 6.07) is 2.09. The SMILES string of the molecule is Cc1nc(-c2c[nH]c(C(=O)NC3CCNC3)c2)cs1.Cl.Cl. The Balaban J connectivity index is 0.00000110. The van der Waals surface area contributed by atoms with Crippen molar-refractivity contribution >= 4 is 42.1 Å². The molecule has 1 aliphatic heterocycles.